The van der Waals surface area contributed by atoms with Gasteiger partial charge in [-0.05, 0) is 64.2 Å². The summed E-state index contributed by atoms with van der Waals surface area (Å²) in [4.78, 5) is 13.0. The van der Waals surface area contributed by atoms with E-state index in [-0.39, 0.29) is 25.6 Å². The number of allylic oxidation sites excluding steroid dienone is 6. The average molecular weight is 999 g/mol. The van der Waals surface area contributed by atoms with Crippen molar-refractivity contribution in [1.82, 2.24) is 0 Å². The molecule has 0 aromatic heterocycles. The van der Waals surface area contributed by atoms with Crippen molar-refractivity contribution in [2.24, 2.45) is 0 Å². The summed E-state index contributed by atoms with van der Waals surface area (Å²) in [6.45, 7) is 3.64. The van der Waals surface area contributed by atoms with Crippen LogP contribution in [0.15, 0.2) is 36.5 Å². The second-order valence-electron chi connectivity index (χ2n) is 19.8. The SMILES string of the molecule is CCCC/C=C\C/C=C\CCCCCCCC(=O)OC(COCCCCCCCCCCCC/C=C\CCCCCCCCCC)COC1OC(COC2OC(CO)C(O)C(O)C2O)C(O)C(O)C1O. The Hall–Kier alpha value is -1.79. The summed E-state index contributed by atoms with van der Waals surface area (Å²) in [6, 6.07) is 0. The maximum absolute atomic E-state index is 13.0. The molecule has 7 N–H and O–H groups in total. The number of aliphatic hydroxyl groups is 7. The van der Waals surface area contributed by atoms with Crippen LogP contribution in [-0.4, -0.2) is 142 Å². The molecule has 11 atom stereocenters. The van der Waals surface area contributed by atoms with Gasteiger partial charge in [-0.25, -0.2) is 0 Å². The van der Waals surface area contributed by atoms with Crippen LogP contribution in [0.1, 0.15) is 213 Å². The molecule has 14 nitrogen and oxygen atoms in total. The molecule has 2 rings (SSSR count). The maximum atomic E-state index is 13.0. The fraction of sp³-hybridized carbons (Fsp3) is 0.875. The Balaban J connectivity index is 1.72. The lowest BCUT2D eigenvalue weighted by Gasteiger charge is -2.42. The van der Waals surface area contributed by atoms with Gasteiger partial charge in [0.1, 0.15) is 54.9 Å². The summed E-state index contributed by atoms with van der Waals surface area (Å²) >= 11 is 0. The van der Waals surface area contributed by atoms with Crippen LogP contribution in [-0.2, 0) is 33.2 Å². The summed E-state index contributed by atoms with van der Waals surface area (Å²) in [6.07, 6.45) is 33.5. The van der Waals surface area contributed by atoms with E-state index in [1.807, 2.05) is 0 Å². The second-order valence-corrected chi connectivity index (χ2v) is 19.8. The molecular formula is C56H102O14. The number of ether oxygens (including phenoxy) is 6. The Kier molecular flexibility index (Phi) is 40.1. The fourth-order valence-corrected chi connectivity index (χ4v) is 8.77. The van der Waals surface area contributed by atoms with E-state index in [0.717, 1.165) is 64.2 Å². The molecule has 0 bridgehead atoms. The highest BCUT2D eigenvalue weighted by Gasteiger charge is 2.47. The number of carbonyl (C=O) groups is 1. The smallest absolute Gasteiger partial charge is 0.306 e. The monoisotopic (exact) mass is 999 g/mol. The first kappa shape index (κ1) is 64.3. The predicted molar refractivity (Wildman–Crippen MR) is 275 cm³/mol. The minimum Gasteiger partial charge on any atom is -0.457 e. The minimum absolute atomic E-state index is 0.0560. The third-order valence-electron chi connectivity index (χ3n) is 13.4. The van der Waals surface area contributed by atoms with Gasteiger partial charge in [-0.1, -0.05) is 179 Å². The van der Waals surface area contributed by atoms with Crippen LogP contribution >= 0.6 is 0 Å². The molecule has 2 heterocycles. The van der Waals surface area contributed by atoms with E-state index in [1.54, 1.807) is 0 Å². The molecule has 0 aromatic rings. The number of rotatable bonds is 45. The van der Waals surface area contributed by atoms with Gasteiger partial charge in [0.15, 0.2) is 12.6 Å². The third-order valence-corrected chi connectivity index (χ3v) is 13.4. The molecule has 2 fully saturated rings. The van der Waals surface area contributed by atoms with Gasteiger partial charge in [0.25, 0.3) is 0 Å². The second kappa shape index (κ2) is 43.6. The highest BCUT2D eigenvalue weighted by molar-refractivity contribution is 5.69. The van der Waals surface area contributed by atoms with Crippen LogP contribution < -0.4 is 0 Å². The third kappa shape index (κ3) is 30.4. The molecular weight excluding hydrogens is 897 g/mol. The van der Waals surface area contributed by atoms with Crippen molar-refractivity contribution in [2.75, 3.05) is 33.0 Å². The molecule has 0 aliphatic carbocycles. The molecule has 410 valence electrons. The number of carbonyl (C=O) groups excluding carboxylic acids is 1. The van der Waals surface area contributed by atoms with E-state index in [2.05, 4.69) is 50.3 Å². The number of aliphatic hydroxyl groups excluding tert-OH is 7. The summed E-state index contributed by atoms with van der Waals surface area (Å²) in [5.41, 5.74) is 0. The zero-order chi connectivity index (χ0) is 50.9. The average Bonchev–Trinajstić information content (AvgIpc) is 3.36. The van der Waals surface area contributed by atoms with Gasteiger partial charge >= 0.3 is 5.97 Å². The molecule has 0 radical (unpaired) electrons. The summed E-state index contributed by atoms with van der Waals surface area (Å²) in [5.74, 6) is -0.389. The minimum atomic E-state index is -1.71. The van der Waals surface area contributed by atoms with Crippen LogP contribution in [0.4, 0.5) is 0 Å². The number of hydrogen-bond donors (Lipinski definition) is 7. The Morgan fingerprint density at radius 2 is 0.900 bits per heavy atom. The molecule has 2 aliphatic rings. The normalized spacial score (nSPS) is 25.7. The van der Waals surface area contributed by atoms with Crippen LogP contribution in [0.3, 0.4) is 0 Å². The number of hydrogen-bond acceptors (Lipinski definition) is 14. The first-order valence-corrected chi connectivity index (χ1v) is 28.1. The zero-order valence-electron chi connectivity index (χ0n) is 43.8. The zero-order valence-corrected chi connectivity index (χ0v) is 43.8. The molecule has 70 heavy (non-hydrogen) atoms. The van der Waals surface area contributed by atoms with Crippen molar-refractivity contribution in [3.05, 3.63) is 36.5 Å². The molecule has 14 heteroatoms. The van der Waals surface area contributed by atoms with E-state index in [4.69, 9.17) is 28.4 Å². The first-order valence-electron chi connectivity index (χ1n) is 28.1. The van der Waals surface area contributed by atoms with Crippen molar-refractivity contribution in [3.63, 3.8) is 0 Å². The first-order chi connectivity index (χ1) is 34.1. The van der Waals surface area contributed by atoms with Crippen molar-refractivity contribution in [2.45, 2.75) is 280 Å². The Morgan fingerprint density at radius 1 is 0.471 bits per heavy atom. The molecule has 0 aromatic carbocycles. The topological polar surface area (TPSA) is 214 Å². The van der Waals surface area contributed by atoms with Crippen LogP contribution in [0.2, 0.25) is 0 Å². The van der Waals surface area contributed by atoms with Gasteiger partial charge in [0, 0.05) is 13.0 Å². The summed E-state index contributed by atoms with van der Waals surface area (Å²) in [7, 11) is 0. The largest absolute Gasteiger partial charge is 0.457 e. The Labute approximate surface area is 423 Å². The van der Waals surface area contributed by atoms with Crippen molar-refractivity contribution in [1.29, 1.82) is 0 Å². The number of unbranched alkanes of at least 4 members (excludes halogenated alkanes) is 25. The van der Waals surface area contributed by atoms with Crippen LogP contribution in [0, 0.1) is 0 Å². The highest BCUT2D eigenvalue weighted by Crippen LogP contribution is 2.26. The van der Waals surface area contributed by atoms with Gasteiger partial charge in [0.05, 0.1) is 26.4 Å². The van der Waals surface area contributed by atoms with Gasteiger partial charge in [-0.3, -0.25) is 4.79 Å². The quantitative estimate of drug-likeness (QED) is 0.0172. The molecule has 0 spiro atoms. The molecule has 0 amide bonds. The molecule has 11 unspecified atom stereocenters. The fourth-order valence-electron chi connectivity index (χ4n) is 8.77. The van der Waals surface area contributed by atoms with Crippen LogP contribution in [0.25, 0.3) is 0 Å². The van der Waals surface area contributed by atoms with Crippen LogP contribution in [0.5, 0.6) is 0 Å². The lowest BCUT2D eigenvalue weighted by Crippen LogP contribution is -2.61. The van der Waals surface area contributed by atoms with E-state index >= 15 is 0 Å². The Morgan fingerprint density at radius 3 is 1.43 bits per heavy atom. The summed E-state index contributed by atoms with van der Waals surface area (Å²) in [5, 5.41) is 72.2. The van der Waals surface area contributed by atoms with E-state index in [9.17, 15) is 40.5 Å². The predicted octanol–water partition coefficient (Wildman–Crippen LogP) is 9.36. The van der Waals surface area contributed by atoms with Crippen molar-refractivity contribution in [3.8, 4) is 0 Å². The van der Waals surface area contributed by atoms with Gasteiger partial charge in [0.2, 0.25) is 0 Å². The Bertz CT molecular complexity index is 1300. The molecule has 0 saturated carbocycles. The lowest BCUT2D eigenvalue weighted by molar-refractivity contribution is -0.332. The summed E-state index contributed by atoms with van der Waals surface area (Å²) < 4.78 is 34.3. The molecule has 2 saturated heterocycles. The van der Waals surface area contributed by atoms with E-state index in [0.29, 0.717) is 13.0 Å². The lowest BCUT2D eigenvalue weighted by atomic mass is 9.98. The van der Waals surface area contributed by atoms with E-state index in [1.165, 1.54) is 122 Å². The standard InChI is InChI=1S/C56H102O14/c1-3-5-7-9-11-13-15-17-19-20-21-22-23-24-25-26-28-30-32-34-36-38-40-65-42-45(68-48(58)39-37-35-33-31-29-27-18-16-14-12-10-8-6-4-2)43-66-55-54(64)52(62)50(60)47(70-55)44-67-56-53(63)51(61)49(59)46(41-57)69-56/h10,12,16,18,20-21,45-47,49-57,59-64H,3-9,11,13-15,17,19,22-44H2,1-2H3/b12-10-,18-16-,21-20-. The van der Waals surface area contributed by atoms with Crippen molar-refractivity contribution < 1.29 is 69.0 Å². The van der Waals surface area contributed by atoms with E-state index < -0.39 is 80.7 Å². The van der Waals surface area contributed by atoms with Gasteiger partial charge in [-0.15, -0.1) is 0 Å². The van der Waals surface area contributed by atoms with Crippen molar-refractivity contribution >= 4 is 5.97 Å². The molecule has 2 aliphatic heterocycles. The van der Waals surface area contributed by atoms with Gasteiger partial charge in [-0.2, -0.15) is 0 Å². The number of esters is 1. The highest BCUT2D eigenvalue weighted by atomic mass is 16.7. The maximum Gasteiger partial charge on any atom is 0.306 e. The van der Waals surface area contributed by atoms with Gasteiger partial charge < -0.3 is 64.2 Å².